The summed E-state index contributed by atoms with van der Waals surface area (Å²) in [5.74, 6) is -2.47. The summed E-state index contributed by atoms with van der Waals surface area (Å²) in [5, 5.41) is 10.4. The standard InChI is InChI=1S/C29H40N2O6/c1-6-15-30(17-20-11-9-8-10-12-20)26(34)24-29-14-13-28(5,37-29)23(27(35)36-7-2)22(29)25(33)31(24)21(18-32)16-19(3)4/h6,8-12,19,21-24,32H,1,7,13-18H2,2-5H3/t21-,22+,23-,24?,28+,29?/m1/s1. The van der Waals surface area contributed by atoms with Gasteiger partial charge in [-0.05, 0) is 44.6 Å². The summed E-state index contributed by atoms with van der Waals surface area (Å²) in [5.41, 5.74) is -1.08. The fraction of sp³-hybridized carbons (Fsp3) is 0.621. The SMILES string of the molecule is C=CCN(Cc1ccccc1)C(=O)C1N([C@@H](CO)CC(C)C)C(=O)[C@@H]2[C@H](C(=O)OCC)[C@]3(C)CCC12O3. The molecule has 0 saturated carbocycles. The van der Waals surface area contributed by atoms with E-state index < -0.39 is 41.1 Å². The number of hydrogen-bond acceptors (Lipinski definition) is 6. The maximum atomic E-state index is 14.4. The van der Waals surface area contributed by atoms with Gasteiger partial charge in [-0.2, -0.15) is 0 Å². The molecule has 3 aliphatic rings. The topological polar surface area (TPSA) is 96.4 Å². The summed E-state index contributed by atoms with van der Waals surface area (Å²) in [6.45, 7) is 12.0. The van der Waals surface area contributed by atoms with Crippen LogP contribution in [0.3, 0.4) is 0 Å². The fourth-order valence-corrected chi connectivity index (χ4v) is 6.81. The highest BCUT2D eigenvalue weighted by molar-refractivity contribution is 5.98. The minimum atomic E-state index is -1.15. The molecule has 37 heavy (non-hydrogen) atoms. The minimum absolute atomic E-state index is 0.183. The molecule has 0 radical (unpaired) electrons. The number of carbonyl (C=O) groups is 3. The number of aliphatic hydroxyl groups excluding tert-OH is 1. The van der Waals surface area contributed by atoms with Crippen molar-refractivity contribution in [2.45, 2.75) is 76.8 Å². The molecule has 3 saturated heterocycles. The van der Waals surface area contributed by atoms with Crippen LogP contribution in [-0.2, 0) is 30.4 Å². The van der Waals surface area contributed by atoms with Gasteiger partial charge in [-0.25, -0.2) is 0 Å². The fourth-order valence-electron chi connectivity index (χ4n) is 6.81. The molecule has 0 aliphatic carbocycles. The van der Waals surface area contributed by atoms with Crippen molar-refractivity contribution < 1.29 is 29.0 Å². The molecule has 202 valence electrons. The summed E-state index contributed by atoms with van der Waals surface area (Å²) in [4.78, 5) is 45.0. The summed E-state index contributed by atoms with van der Waals surface area (Å²) < 4.78 is 12.0. The third-order valence-electron chi connectivity index (χ3n) is 8.21. The van der Waals surface area contributed by atoms with E-state index in [4.69, 9.17) is 9.47 Å². The first-order valence-corrected chi connectivity index (χ1v) is 13.4. The Balaban J connectivity index is 1.80. The molecule has 3 aliphatic heterocycles. The lowest BCUT2D eigenvalue weighted by Gasteiger charge is -2.40. The van der Waals surface area contributed by atoms with E-state index >= 15 is 0 Å². The second-order valence-electron chi connectivity index (χ2n) is 11.2. The van der Waals surface area contributed by atoms with Crippen LogP contribution in [0.4, 0.5) is 0 Å². The van der Waals surface area contributed by atoms with Crippen LogP contribution < -0.4 is 0 Å². The van der Waals surface area contributed by atoms with Gasteiger partial charge >= 0.3 is 5.97 Å². The van der Waals surface area contributed by atoms with E-state index in [0.29, 0.717) is 32.4 Å². The van der Waals surface area contributed by atoms with E-state index in [1.54, 1.807) is 22.8 Å². The van der Waals surface area contributed by atoms with E-state index in [0.717, 1.165) is 5.56 Å². The monoisotopic (exact) mass is 512 g/mol. The highest BCUT2D eigenvalue weighted by Gasteiger charge is 2.79. The number of fused-ring (bicyclic) bond motifs is 1. The predicted molar refractivity (Wildman–Crippen MR) is 138 cm³/mol. The van der Waals surface area contributed by atoms with Gasteiger partial charge in [0.05, 0.1) is 30.8 Å². The van der Waals surface area contributed by atoms with Crippen LogP contribution in [0.2, 0.25) is 0 Å². The van der Waals surface area contributed by atoms with Crippen molar-refractivity contribution in [3.63, 3.8) is 0 Å². The van der Waals surface area contributed by atoms with Gasteiger partial charge in [0.15, 0.2) is 0 Å². The largest absolute Gasteiger partial charge is 0.466 e. The number of aliphatic hydroxyl groups is 1. The van der Waals surface area contributed by atoms with Crippen LogP contribution in [0.1, 0.15) is 52.5 Å². The Morgan fingerprint density at radius 3 is 2.59 bits per heavy atom. The number of rotatable bonds is 11. The molecule has 2 amide bonds. The maximum absolute atomic E-state index is 14.4. The van der Waals surface area contributed by atoms with Crippen LogP contribution in [0.15, 0.2) is 43.0 Å². The van der Waals surface area contributed by atoms with Gasteiger partial charge in [0.2, 0.25) is 11.8 Å². The van der Waals surface area contributed by atoms with E-state index in [1.807, 2.05) is 51.1 Å². The first-order chi connectivity index (χ1) is 17.6. The van der Waals surface area contributed by atoms with E-state index in [1.165, 1.54) is 0 Å². The molecule has 4 rings (SSSR count). The van der Waals surface area contributed by atoms with Crippen LogP contribution in [0.5, 0.6) is 0 Å². The first-order valence-electron chi connectivity index (χ1n) is 13.4. The minimum Gasteiger partial charge on any atom is -0.466 e. The molecule has 8 nitrogen and oxygen atoms in total. The number of nitrogens with zero attached hydrogens (tertiary/aromatic N) is 2. The lowest BCUT2D eigenvalue weighted by atomic mass is 9.66. The Kier molecular flexibility index (Phi) is 7.81. The van der Waals surface area contributed by atoms with Crippen LogP contribution in [-0.4, -0.2) is 75.7 Å². The van der Waals surface area contributed by atoms with Gasteiger partial charge in [0.1, 0.15) is 17.6 Å². The Morgan fingerprint density at radius 1 is 1.30 bits per heavy atom. The first kappa shape index (κ1) is 27.3. The Labute approximate surface area is 219 Å². The van der Waals surface area contributed by atoms with Crippen LogP contribution >= 0.6 is 0 Å². The van der Waals surface area contributed by atoms with Gasteiger partial charge in [-0.15, -0.1) is 6.58 Å². The third-order valence-corrected chi connectivity index (χ3v) is 8.21. The zero-order chi connectivity index (χ0) is 27.0. The number of hydrogen-bond donors (Lipinski definition) is 1. The van der Waals surface area contributed by atoms with Gasteiger partial charge in [0, 0.05) is 13.1 Å². The number of amides is 2. The van der Waals surface area contributed by atoms with Crippen molar-refractivity contribution in [3.05, 3.63) is 48.6 Å². The van der Waals surface area contributed by atoms with E-state index in [-0.39, 0.29) is 30.9 Å². The quantitative estimate of drug-likeness (QED) is 0.362. The molecule has 3 fully saturated rings. The van der Waals surface area contributed by atoms with Gasteiger partial charge < -0.3 is 24.4 Å². The molecule has 1 aromatic carbocycles. The molecule has 3 heterocycles. The normalized spacial score (nSPS) is 30.9. The zero-order valence-electron chi connectivity index (χ0n) is 22.4. The number of ether oxygens (including phenoxy) is 2. The molecule has 2 unspecified atom stereocenters. The highest BCUT2D eigenvalue weighted by Crippen LogP contribution is 2.63. The maximum Gasteiger partial charge on any atom is 0.312 e. The molecular formula is C29H40N2O6. The van der Waals surface area contributed by atoms with Crippen LogP contribution in [0.25, 0.3) is 0 Å². The molecule has 1 aromatic rings. The molecule has 0 aromatic heterocycles. The Bertz CT molecular complexity index is 1030. The van der Waals surface area contributed by atoms with Gasteiger partial charge in [-0.3, -0.25) is 14.4 Å². The van der Waals surface area contributed by atoms with Crippen molar-refractivity contribution in [2.75, 3.05) is 19.8 Å². The summed E-state index contributed by atoms with van der Waals surface area (Å²) in [6, 6.07) is 8.14. The van der Waals surface area contributed by atoms with Crippen LogP contribution in [0, 0.1) is 17.8 Å². The molecule has 2 bridgehead atoms. The summed E-state index contributed by atoms with van der Waals surface area (Å²) >= 11 is 0. The number of benzene rings is 1. The summed E-state index contributed by atoms with van der Waals surface area (Å²) in [7, 11) is 0. The molecule has 6 atom stereocenters. The smallest absolute Gasteiger partial charge is 0.312 e. The number of carbonyl (C=O) groups excluding carboxylic acids is 3. The van der Waals surface area contributed by atoms with Crippen molar-refractivity contribution in [3.8, 4) is 0 Å². The molecule has 1 N–H and O–H groups in total. The molecular weight excluding hydrogens is 472 g/mol. The lowest BCUT2D eigenvalue weighted by Crippen LogP contribution is -2.58. The zero-order valence-corrected chi connectivity index (χ0v) is 22.4. The highest BCUT2D eigenvalue weighted by atomic mass is 16.6. The lowest BCUT2D eigenvalue weighted by molar-refractivity contribution is -0.162. The van der Waals surface area contributed by atoms with Gasteiger partial charge in [0.25, 0.3) is 0 Å². The second-order valence-corrected chi connectivity index (χ2v) is 11.2. The van der Waals surface area contributed by atoms with Gasteiger partial charge in [-0.1, -0.05) is 50.3 Å². The van der Waals surface area contributed by atoms with E-state index in [9.17, 15) is 19.5 Å². The third kappa shape index (κ3) is 4.59. The second kappa shape index (κ2) is 10.6. The van der Waals surface area contributed by atoms with E-state index in [2.05, 4.69) is 6.58 Å². The Morgan fingerprint density at radius 2 is 2.00 bits per heavy atom. The Hall–Kier alpha value is -2.71. The van der Waals surface area contributed by atoms with Crippen molar-refractivity contribution >= 4 is 17.8 Å². The predicted octanol–water partition coefficient (Wildman–Crippen LogP) is 2.94. The average molecular weight is 513 g/mol. The summed E-state index contributed by atoms with van der Waals surface area (Å²) in [6.07, 6.45) is 3.22. The number of likely N-dealkylation sites (tertiary alicyclic amines) is 1. The number of esters is 1. The molecule has 8 heteroatoms. The molecule has 1 spiro atoms. The van der Waals surface area contributed by atoms with Crippen molar-refractivity contribution in [2.24, 2.45) is 17.8 Å². The van der Waals surface area contributed by atoms with Crippen molar-refractivity contribution in [1.29, 1.82) is 0 Å². The van der Waals surface area contributed by atoms with Crippen molar-refractivity contribution in [1.82, 2.24) is 9.80 Å². The average Bonchev–Trinajstić information content (AvgIpc) is 3.43.